The Hall–Kier alpha value is -3.90. The van der Waals surface area contributed by atoms with Crippen LogP contribution in [-0.4, -0.2) is 28.9 Å². The number of carbonyl (C=O) groups is 1. The molecule has 0 saturated carbocycles. The number of nitrogens with two attached hydrogens (primary N) is 1. The third kappa shape index (κ3) is 5.02. The first kappa shape index (κ1) is 23.3. The SMILES string of the molecule is N#CC(c1cc(C(F)(F)F)ccc1Oc1ccc(-c2cccc(C(N)=O)n2)cc1)N1CCCC1. The summed E-state index contributed by atoms with van der Waals surface area (Å²) in [5, 5.41) is 9.78. The molecule has 4 rings (SSSR count). The van der Waals surface area contributed by atoms with Gasteiger partial charge in [-0.3, -0.25) is 9.69 Å². The molecule has 1 aromatic heterocycles. The van der Waals surface area contributed by atoms with Crippen LogP contribution in [0.3, 0.4) is 0 Å². The van der Waals surface area contributed by atoms with Crippen LogP contribution in [0.25, 0.3) is 11.3 Å². The molecule has 1 aliphatic rings. The normalized spacial score (nSPS) is 15.0. The van der Waals surface area contributed by atoms with E-state index in [4.69, 9.17) is 10.5 Å². The molecular weight excluding hydrogens is 445 g/mol. The number of primary amides is 1. The lowest BCUT2D eigenvalue weighted by molar-refractivity contribution is -0.137. The molecule has 2 heterocycles. The van der Waals surface area contributed by atoms with E-state index in [0.717, 1.165) is 25.0 Å². The average Bonchev–Trinajstić information content (AvgIpc) is 3.35. The molecule has 1 atom stereocenters. The van der Waals surface area contributed by atoms with Crippen molar-refractivity contribution in [3.05, 3.63) is 77.5 Å². The maximum atomic E-state index is 13.4. The lowest BCUT2D eigenvalue weighted by Crippen LogP contribution is -2.25. The number of nitrogens with zero attached hydrogens (tertiary/aromatic N) is 3. The molecule has 0 radical (unpaired) electrons. The molecule has 2 N–H and O–H groups in total. The largest absolute Gasteiger partial charge is 0.457 e. The van der Waals surface area contributed by atoms with Crippen LogP contribution in [0.5, 0.6) is 11.5 Å². The van der Waals surface area contributed by atoms with Crippen LogP contribution in [0.15, 0.2) is 60.7 Å². The van der Waals surface area contributed by atoms with Gasteiger partial charge in [-0.25, -0.2) is 4.98 Å². The maximum absolute atomic E-state index is 13.4. The number of nitriles is 1. The second-order valence-corrected chi connectivity index (χ2v) is 7.92. The van der Waals surface area contributed by atoms with E-state index in [0.29, 0.717) is 30.1 Å². The van der Waals surface area contributed by atoms with Gasteiger partial charge < -0.3 is 10.5 Å². The standard InChI is InChI=1S/C25H21F3N4O2/c26-25(27,28)17-8-11-23(19(14-17)22(15-29)32-12-1-2-13-32)34-18-9-6-16(7-10-18)20-4-3-5-21(31-20)24(30)33/h3-11,14,22H,1-2,12-13H2,(H2,30,33). The third-order valence-electron chi connectivity index (χ3n) is 5.64. The molecule has 174 valence electrons. The van der Waals surface area contributed by atoms with Gasteiger partial charge >= 0.3 is 6.18 Å². The lowest BCUT2D eigenvalue weighted by Gasteiger charge is -2.24. The summed E-state index contributed by atoms with van der Waals surface area (Å²) < 4.78 is 46.1. The van der Waals surface area contributed by atoms with Crippen LogP contribution < -0.4 is 10.5 Å². The summed E-state index contributed by atoms with van der Waals surface area (Å²) in [7, 11) is 0. The van der Waals surface area contributed by atoms with Crippen molar-refractivity contribution in [2.75, 3.05) is 13.1 Å². The Labute approximate surface area is 194 Å². The Morgan fingerprint density at radius 2 is 1.79 bits per heavy atom. The number of aromatic nitrogens is 1. The Balaban J connectivity index is 1.65. The monoisotopic (exact) mass is 466 g/mol. The predicted molar refractivity (Wildman–Crippen MR) is 119 cm³/mol. The van der Waals surface area contributed by atoms with E-state index >= 15 is 0 Å². The Morgan fingerprint density at radius 3 is 2.41 bits per heavy atom. The van der Waals surface area contributed by atoms with Crippen LogP contribution in [0, 0.1) is 11.3 Å². The van der Waals surface area contributed by atoms with Gasteiger partial charge in [0.05, 0.1) is 17.3 Å². The fraction of sp³-hybridized carbons (Fsp3) is 0.240. The van der Waals surface area contributed by atoms with E-state index in [9.17, 15) is 23.2 Å². The second-order valence-electron chi connectivity index (χ2n) is 7.92. The van der Waals surface area contributed by atoms with Crippen LogP contribution in [0.4, 0.5) is 13.2 Å². The number of hydrogen-bond donors (Lipinski definition) is 1. The van der Waals surface area contributed by atoms with E-state index in [2.05, 4.69) is 11.1 Å². The highest BCUT2D eigenvalue weighted by Crippen LogP contribution is 2.39. The van der Waals surface area contributed by atoms with Crippen LogP contribution in [0.1, 0.15) is 40.5 Å². The van der Waals surface area contributed by atoms with E-state index in [1.807, 2.05) is 4.90 Å². The summed E-state index contributed by atoms with van der Waals surface area (Å²) in [5.41, 5.74) is 6.01. The van der Waals surface area contributed by atoms with Gasteiger partial charge in [-0.05, 0) is 80.5 Å². The fourth-order valence-corrected chi connectivity index (χ4v) is 3.93. The summed E-state index contributed by atoms with van der Waals surface area (Å²) in [6, 6.07) is 16.1. The number of halogens is 3. The summed E-state index contributed by atoms with van der Waals surface area (Å²) in [6.07, 6.45) is -2.76. The van der Waals surface area contributed by atoms with Gasteiger partial charge in [0.15, 0.2) is 0 Å². The summed E-state index contributed by atoms with van der Waals surface area (Å²) in [6.45, 7) is 1.28. The predicted octanol–water partition coefficient (Wildman–Crippen LogP) is 5.32. The molecule has 0 spiro atoms. The number of hydrogen-bond acceptors (Lipinski definition) is 5. The van der Waals surface area contributed by atoms with Crippen molar-refractivity contribution in [3.63, 3.8) is 0 Å². The zero-order valence-electron chi connectivity index (χ0n) is 18.0. The Morgan fingerprint density at radius 1 is 1.09 bits per heavy atom. The van der Waals surface area contributed by atoms with E-state index in [-0.39, 0.29) is 17.0 Å². The third-order valence-corrected chi connectivity index (χ3v) is 5.64. The van der Waals surface area contributed by atoms with Crippen molar-refractivity contribution >= 4 is 5.91 Å². The molecule has 0 bridgehead atoms. The molecule has 0 aliphatic carbocycles. The number of alkyl halides is 3. The zero-order valence-corrected chi connectivity index (χ0v) is 18.0. The Bertz CT molecular complexity index is 1230. The number of amides is 1. The fourth-order valence-electron chi connectivity index (χ4n) is 3.93. The minimum Gasteiger partial charge on any atom is -0.457 e. The molecule has 1 unspecified atom stereocenters. The van der Waals surface area contributed by atoms with E-state index in [1.165, 1.54) is 12.1 Å². The Kier molecular flexibility index (Phi) is 6.52. The highest BCUT2D eigenvalue weighted by Gasteiger charge is 2.34. The molecule has 6 nitrogen and oxygen atoms in total. The van der Waals surface area contributed by atoms with Gasteiger partial charge in [0.1, 0.15) is 23.2 Å². The first-order valence-corrected chi connectivity index (χ1v) is 10.7. The minimum absolute atomic E-state index is 0.136. The number of pyridine rings is 1. The number of carbonyl (C=O) groups excluding carboxylic acids is 1. The smallest absolute Gasteiger partial charge is 0.416 e. The molecule has 2 aromatic carbocycles. The van der Waals surface area contributed by atoms with Crippen molar-refractivity contribution < 1.29 is 22.7 Å². The molecule has 1 fully saturated rings. The average molecular weight is 466 g/mol. The van der Waals surface area contributed by atoms with Crippen LogP contribution in [-0.2, 0) is 6.18 Å². The van der Waals surface area contributed by atoms with E-state index in [1.54, 1.807) is 36.4 Å². The summed E-state index contributed by atoms with van der Waals surface area (Å²) >= 11 is 0. The quantitative estimate of drug-likeness (QED) is 0.531. The molecule has 3 aromatic rings. The first-order chi connectivity index (χ1) is 16.3. The highest BCUT2D eigenvalue weighted by atomic mass is 19.4. The van der Waals surface area contributed by atoms with Crippen molar-refractivity contribution in [2.24, 2.45) is 5.73 Å². The lowest BCUT2D eigenvalue weighted by atomic mass is 10.0. The van der Waals surface area contributed by atoms with Gasteiger partial charge in [0.25, 0.3) is 5.91 Å². The van der Waals surface area contributed by atoms with Crippen molar-refractivity contribution in [2.45, 2.75) is 25.1 Å². The number of ether oxygens (including phenoxy) is 1. The zero-order chi connectivity index (χ0) is 24.3. The molecule has 9 heteroatoms. The van der Waals surface area contributed by atoms with Crippen molar-refractivity contribution in [1.82, 2.24) is 9.88 Å². The van der Waals surface area contributed by atoms with Crippen LogP contribution in [0.2, 0.25) is 0 Å². The van der Waals surface area contributed by atoms with Gasteiger partial charge in [-0.1, -0.05) is 6.07 Å². The number of rotatable bonds is 6. The number of benzene rings is 2. The van der Waals surface area contributed by atoms with Gasteiger partial charge in [-0.2, -0.15) is 18.4 Å². The van der Waals surface area contributed by atoms with Gasteiger partial charge in [0.2, 0.25) is 0 Å². The number of likely N-dealkylation sites (tertiary alicyclic amines) is 1. The van der Waals surface area contributed by atoms with Crippen LogP contribution >= 0.6 is 0 Å². The van der Waals surface area contributed by atoms with E-state index < -0.39 is 23.7 Å². The summed E-state index contributed by atoms with van der Waals surface area (Å²) in [5.74, 6) is -0.0661. The molecule has 1 amide bonds. The molecule has 1 saturated heterocycles. The van der Waals surface area contributed by atoms with Crippen molar-refractivity contribution in [3.8, 4) is 28.8 Å². The maximum Gasteiger partial charge on any atom is 0.416 e. The molecule has 1 aliphatic heterocycles. The topological polar surface area (TPSA) is 92.2 Å². The van der Waals surface area contributed by atoms with Gasteiger partial charge in [0, 0.05) is 11.1 Å². The van der Waals surface area contributed by atoms with Crippen molar-refractivity contribution in [1.29, 1.82) is 5.26 Å². The van der Waals surface area contributed by atoms with Gasteiger partial charge in [-0.15, -0.1) is 0 Å². The summed E-state index contributed by atoms with van der Waals surface area (Å²) in [4.78, 5) is 17.5. The first-order valence-electron chi connectivity index (χ1n) is 10.7. The molecule has 34 heavy (non-hydrogen) atoms. The highest BCUT2D eigenvalue weighted by molar-refractivity contribution is 5.91. The molecular formula is C25H21F3N4O2. The second kappa shape index (κ2) is 9.53. The minimum atomic E-state index is -4.54.